The molecule has 9 heteroatoms. The van der Waals surface area contributed by atoms with Crippen molar-refractivity contribution in [3.05, 3.63) is 64.9 Å². The molecule has 0 saturated carbocycles. The molecule has 0 spiro atoms. The van der Waals surface area contributed by atoms with Crippen molar-refractivity contribution in [3.8, 4) is 5.69 Å². The van der Waals surface area contributed by atoms with Gasteiger partial charge in [0.1, 0.15) is 0 Å². The molecule has 2 heterocycles. The first-order chi connectivity index (χ1) is 11.9. The van der Waals surface area contributed by atoms with Crippen LogP contribution in [0.3, 0.4) is 0 Å². The summed E-state index contributed by atoms with van der Waals surface area (Å²) in [4.78, 5) is 3.93. The van der Waals surface area contributed by atoms with E-state index in [0.29, 0.717) is 16.4 Å². The Hall–Kier alpha value is -2.71. The second-order valence-corrected chi connectivity index (χ2v) is 7.36. The van der Waals surface area contributed by atoms with E-state index in [-0.39, 0.29) is 15.6 Å². The van der Waals surface area contributed by atoms with Gasteiger partial charge in [-0.05, 0) is 37.3 Å². The predicted octanol–water partition coefficient (Wildman–Crippen LogP) is 2.87. The van der Waals surface area contributed by atoms with Gasteiger partial charge in [-0.1, -0.05) is 28.9 Å². The van der Waals surface area contributed by atoms with E-state index in [4.69, 9.17) is 16.8 Å². The van der Waals surface area contributed by atoms with Crippen molar-refractivity contribution in [2.75, 3.05) is 0 Å². The van der Waals surface area contributed by atoms with E-state index < -0.39 is 9.84 Å². The summed E-state index contributed by atoms with van der Waals surface area (Å²) in [6.45, 7) is 1.62. The SMILES string of the molecule is Cc1nn(-c2cccc(Cl)c2)c(S(=O)(=O)c2ccccn2)c1C=NO. The molecule has 1 N–H and O–H groups in total. The average Bonchev–Trinajstić information content (AvgIpc) is 2.93. The molecular formula is C16H13ClN4O3S. The number of oxime groups is 1. The van der Waals surface area contributed by atoms with Gasteiger partial charge < -0.3 is 5.21 Å². The number of halogens is 1. The minimum atomic E-state index is -4.02. The van der Waals surface area contributed by atoms with Crippen molar-refractivity contribution in [1.29, 1.82) is 0 Å². The Balaban J connectivity index is 2.34. The first-order valence-corrected chi connectivity index (χ1v) is 9.00. The van der Waals surface area contributed by atoms with Crippen LogP contribution in [-0.4, -0.2) is 34.6 Å². The van der Waals surface area contributed by atoms with E-state index in [0.717, 1.165) is 6.21 Å². The molecule has 2 aromatic heterocycles. The fourth-order valence-corrected chi connectivity index (χ4v) is 4.07. The normalized spacial score (nSPS) is 11.9. The van der Waals surface area contributed by atoms with E-state index >= 15 is 0 Å². The van der Waals surface area contributed by atoms with Crippen LogP contribution in [-0.2, 0) is 9.84 Å². The Labute approximate surface area is 149 Å². The Kier molecular flexibility index (Phi) is 4.56. The highest BCUT2D eigenvalue weighted by atomic mass is 35.5. The van der Waals surface area contributed by atoms with Crippen LogP contribution in [0.15, 0.2) is 63.9 Å². The molecule has 0 unspecified atom stereocenters. The maximum Gasteiger partial charge on any atom is 0.241 e. The summed E-state index contributed by atoms with van der Waals surface area (Å²) in [6.07, 6.45) is 2.43. The van der Waals surface area contributed by atoms with Gasteiger partial charge in [0.15, 0.2) is 10.1 Å². The molecule has 3 rings (SSSR count). The van der Waals surface area contributed by atoms with Crippen molar-refractivity contribution >= 4 is 27.7 Å². The molecule has 0 aliphatic rings. The molecule has 128 valence electrons. The molecule has 25 heavy (non-hydrogen) atoms. The largest absolute Gasteiger partial charge is 0.411 e. The molecule has 0 fully saturated rings. The fourth-order valence-electron chi connectivity index (χ4n) is 2.37. The second-order valence-electron chi connectivity index (χ2n) is 5.11. The number of nitrogens with zero attached hydrogens (tertiary/aromatic N) is 4. The molecule has 0 amide bonds. The lowest BCUT2D eigenvalue weighted by Gasteiger charge is -2.09. The van der Waals surface area contributed by atoms with E-state index in [2.05, 4.69) is 15.2 Å². The molecule has 3 aromatic rings. The summed E-state index contributed by atoms with van der Waals surface area (Å²) in [5.74, 6) is 0. The Morgan fingerprint density at radius 1 is 1.24 bits per heavy atom. The third-order valence-electron chi connectivity index (χ3n) is 3.47. The van der Waals surface area contributed by atoms with Gasteiger partial charge in [-0.2, -0.15) is 5.10 Å². The van der Waals surface area contributed by atoms with Gasteiger partial charge in [-0.15, -0.1) is 0 Å². The van der Waals surface area contributed by atoms with Crippen LogP contribution in [0.4, 0.5) is 0 Å². The van der Waals surface area contributed by atoms with Crippen LogP contribution < -0.4 is 0 Å². The zero-order chi connectivity index (χ0) is 18.0. The Morgan fingerprint density at radius 3 is 2.68 bits per heavy atom. The predicted molar refractivity (Wildman–Crippen MR) is 92.4 cm³/mol. The molecule has 0 bridgehead atoms. The highest BCUT2D eigenvalue weighted by Crippen LogP contribution is 2.27. The fraction of sp³-hybridized carbons (Fsp3) is 0.0625. The van der Waals surface area contributed by atoms with Crippen molar-refractivity contribution < 1.29 is 13.6 Å². The Morgan fingerprint density at radius 2 is 2.04 bits per heavy atom. The zero-order valence-electron chi connectivity index (χ0n) is 13.0. The number of aromatic nitrogens is 3. The number of pyridine rings is 1. The van der Waals surface area contributed by atoms with Gasteiger partial charge in [0, 0.05) is 11.2 Å². The molecule has 0 atom stereocenters. The van der Waals surface area contributed by atoms with Crippen LogP contribution in [0.2, 0.25) is 5.02 Å². The summed E-state index contributed by atoms with van der Waals surface area (Å²) in [6, 6.07) is 11.2. The number of benzene rings is 1. The molecule has 0 aliphatic heterocycles. The van der Waals surface area contributed by atoms with Gasteiger partial charge in [-0.3, -0.25) is 0 Å². The topological polar surface area (TPSA) is 97.4 Å². The minimum absolute atomic E-state index is 0.134. The van der Waals surface area contributed by atoms with Crippen LogP contribution >= 0.6 is 11.6 Å². The lowest BCUT2D eigenvalue weighted by atomic mass is 10.3. The van der Waals surface area contributed by atoms with Crippen LogP contribution in [0, 0.1) is 6.92 Å². The van der Waals surface area contributed by atoms with Crippen molar-refractivity contribution in [2.45, 2.75) is 17.0 Å². The van der Waals surface area contributed by atoms with Crippen LogP contribution in [0.1, 0.15) is 11.3 Å². The van der Waals surface area contributed by atoms with Gasteiger partial charge in [0.05, 0.1) is 23.2 Å². The van der Waals surface area contributed by atoms with Crippen LogP contribution in [0.25, 0.3) is 5.69 Å². The lowest BCUT2D eigenvalue weighted by molar-refractivity contribution is 0.321. The van der Waals surface area contributed by atoms with Gasteiger partial charge in [0.2, 0.25) is 9.84 Å². The van der Waals surface area contributed by atoms with Gasteiger partial charge >= 0.3 is 0 Å². The highest BCUT2D eigenvalue weighted by molar-refractivity contribution is 7.91. The Bertz CT molecular complexity index is 1050. The van der Waals surface area contributed by atoms with Crippen molar-refractivity contribution in [1.82, 2.24) is 14.8 Å². The average molecular weight is 377 g/mol. The van der Waals surface area contributed by atoms with E-state index in [1.165, 1.54) is 16.9 Å². The first kappa shape index (κ1) is 17.1. The summed E-state index contributed by atoms with van der Waals surface area (Å²) >= 11 is 6.02. The summed E-state index contributed by atoms with van der Waals surface area (Å²) in [7, 11) is -4.02. The third kappa shape index (κ3) is 3.13. The zero-order valence-corrected chi connectivity index (χ0v) is 14.6. The second kappa shape index (κ2) is 6.66. The minimum Gasteiger partial charge on any atom is -0.411 e. The van der Waals surface area contributed by atoms with Crippen molar-refractivity contribution in [2.24, 2.45) is 5.16 Å². The van der Waals surface area contributed by atoms with E-state index in [1.54, 1.807) is 43.3 Å². The lowest BCUT2D eigenvalue weighted by Crippen LogP contribution is -2.13. The number of hydrogen-bond donors (Lipinski definition) is 1. The first-order valence-electron chi connectivity index (χ1n) is 7.14. The summed E-state index contributed by atoms with van der Waals surface area (Å²) in [5, 5.41) is 16.3. The number of aryl methyl sites for hydroxylation is 1. The van der Waals surface area contributed by atoms with E-state index in [1.807, 2.05) is 0 Å². The molecular weight excluding hydrogens is 364 g/mol. The van der Waals surface area contributed by atoms with Crippen molar-refractivity contribution in [3.63, 3.8) is 0 Å². The quantitative estimate of drug-likeness (QED) is 0.429. The molecule has 1 aromatic carbocycles. The third-order valence-corrected chi connectivity index (χ3v) is 5.40. The maximum atomic E-state index is 13.1. The monoisotopic (exact) mass is 376 g/mol. The standard InChI is InChI=1S/C16H13ClN4O3S/c1-11-14(10-19-22)16(25(23,24)15-7-2-3-8-18-15)21(20-11)13-6-4-5-12(17)9-13/h2-10,22H,1H3. The molecule has 0 aliphatic carbocycles. The number of sulfone groups is 1. The van der Waals surface area contributed by atoms with E-state index in [9.17, 15) is 8.42 Å². The maximum absolute atomic E-state index is 13.1. The number of rotatable bonds is 4. The number of hydrogen-bond acceptors (Lipinski definition) is 6. The smallest absolute Gasteiger partial charge is 0.241 e. The summed E-state index contributed by atoms with van der Waals surface area (Å²) in [5.41, 5.74) is 1.02. The van der Waals surface area contributed by atoms with Crippen LogP contribution in [0.5, 0.6) is 0 Å². The van der Waals surface area contributed by atoms with Gasteiger partial charge in [0.25, 0.3) is 0 Å². The molecule has 0 saturated heterocycles. The van der Waals surface area contributed by atoms with Gasteiger partial charge in [-0.25, -0.2) is 18.1 Å². The summed E-state index contributed by atoms with van der Waals surface area (Å²) < 4.78 is 27.5. The highest BCUT2D eigenvalue weighted by Gasteiger charge is 2.30. The molecule has 0 radical (unpaired) electrons. The molecule has 7 nitrogen and oxygen atoms in total.